The topological polar surface area (TPSA) is 0 Å². The van der Waals surface area contributed by atoms with Crippen molar-refractivity contribution in [3.63, 3.8) is 0 Å². The molecule has 0 aliphatic rings. The van der Waals surface area contributed by atoms with Crippen LogP contribution in [-0.2, 0) is 0 Å². The first kappa shape index (κ1) is 5.18. The number of hydrogen-bond donors (Lipinski definition) is 0. The standard InChI is InChI=1S/CCl2I/c2-1(3)4. The molecule has 4 heavy (non-hydrogen) atoms. The Kier molecular flexibility index (Phi) is 3.13. The third-order valence-electron chi connectivity index (χ3n) is 0. The Hall–Kier alpha value is 1.18. The van der Waals surface area contributed by atoms with Crippen LogP contribution in [0, 0.1) is 0 Å². The minimum absolute atomic E-state index is 0.331. The molecule has 3 heteroatoms. The zero-order valence-electron chi connectivity index (χ0n) is 1.63. The van der Waals surface area contributed by atoms with Gasteiger partial charge in [0.2, 0.25) is 0 Å². The van der Waals surface area contributed by atoms with Gasteiger partial charge in [0.1, 0.15) is 0 Å². The zero-order chi connectivity index (χ0) is 3.58. The molecule has 0 heterocycles. The third-order valence-corrected chi connectivity index (χ3v) is 0. The van der Waals surface area contributed by atoms with Crippen LogP contribution in [-0.4, -0.2) is 2.43 Å². The van der Waals surface area contributed by atoms with Crippen molar-refractivity contribution < 1.29 is 0 Å². The Morgan fingerprint density at radius 3 is 1.50 bits per heavy atom. The second-order valence-corrected chi connectivity index (χ2v) is 3.52. The summed E-state index contributed by atoms with van der Waals surface area (Å²) in [6.07, 6.45) is 0. The van der Waals surface area contributed by atoms with Gasteiger partial charge in [-0.15, -0.1) is 0 Å². The van der Waals surface area contributed by atoms with Crippen molar-refractivity contribution in [2.75, 3.05) is 0 Å². The molecule has 0 aromatic heterocycles. The van der Waals surface area contributed by atoms with Gasteiger partial charge in [-0.3, -0.25) is 0 Å². The first-order valence-corrected chi connectivity index (χ1v) is 2.40. The first-order chi connectivity index (χ1) is 1.73. The second kappa shape index (κ2) is 2.42. The van der Waals surface area contributed by atoms with Crippen LogP contribution >= 0.6 is 45.3 Å². The molecule has 25 valence electrons. The molecule has 0 amide bonds. The summed E-state index contributed by atoms with van der Waals surface area (Å²) >= 11 is 11.7. The number of rotatable bonds is 0. The normalized spacial score (nSPS) is 6.50. The molecule has 0 fully saturated rings. The van der Waals surface area contributed by atoms with Crippen molar-refractivity contribution in [3.05, 3.63) is 0 Å². The SMILES string of the molecule is ClC(Cl)=[I]. The fourth-order valence-electron chi connectivity index (χ4n) is 0. The molecule has 0 bridgehead atoms. The van der Waals surface area contributed by atoms with Gasteiger partial charge in [-0.05, 0) is 0 Å². The summed E-state index contributed by atoms with van der Waals surface area (Å²) in [5.74, 6) is 0. The van der Waals surface area contributed by atoms with Crippen LogP contribution in [0.4, 0.5) is 0 Å². The molecule has 1 radical (unpaired) electrons. The zero-order valence-corrected chi connectivity index (χ0v) is 5.30. The van der Waals surface area contributed by atoms with Gasteiger partial charge < -0.3 is 0 Å². The van der Waals surface area contributed by atoms with E-state index in [0.717, 1.165) is 0 Å². The van der Waals surface area contributed by atoms with Crippen LogP contribution in [0.25, 0.3) is 0 Å². The molecule has 0 nitrogen and oxygen atoms in total. The van der Waals surface area contributed by atoms with E-state index in [0.29, 0.717) is 2.43 Å². The maximum atomic E-state index is 4.94. The van der Waals surface area contributed by atoms with Gasteiger partial charge >= 0.3 is 47.7 Å². The van der Waals surface area contributed by atoms with Gasteiger partial charge in [0.15, 0.2) is 0 Å². The van der Waals surface area contributed by atoms with Crippen molar-refractivity contribution >= 4 is 47.7 Å². The van der Waals surface area contributed by atoms with E-state index in [-0.39, 0.29) is 0 Å². The summed E-state index contributed by atoms with van der Waals surface area (Å²) in [7, 11) is 0. The van der Waals surface area contributed by atoms with E-state index in [2.05, 4.69) is 0 Å². The molecule has 0 aliphatic heterocycles. The molecule has 0 N–H and O–H groups in total. The summed E-state index contributed by atoms with van der Waals surface area (Å²) in [4.78, 5) is 0. The van der Waals surface area contributed by atoms with Crippen molar-refractivity contribution in [2.24, 2.45) is 0 Å². The van der Waals surface area contributed by atoms with Crippen LogP contribution < -0.4 is 0 Å². The molecule has 0 spiro atoms. The van der Waals surface area contributed by atoms with Crippen LogP contribution in [0.3, 0.4) is 0 Å². The average Bonchev–Trinajstić information content (AvgIpc) is 0.811. The van der Waals surface area contributed by atoms with E-state index in [1.165, 1.54) is 0 Å². The van der Waals surface area contributed by atoms with Crippen LogP contribution in [0.1, 0.15) is 0 Å². The van der Waals surface area contributed by atoms with Gasteiger partial charge in [0.25, 0.3) is 0 Å². The Bertz CT molecular complexity index is 29.0. The molecular formula is CCl2I. The minimum atomic E-state index is 0.331. The molecule has 0 aliphatic carbocycles. The first-order valence-electron chi connectivity index (χ1n) is 0.567. The van der Waals surface area contributed by atoms with Crippen molar-refractivity contribution in [3.8, 4) is 0 Å². The predicted molar refractivity (Wildman–Crippen MR) is 30.7 cm³/mol. The van der Waals surface area contributed by atoms with Crippen molar-refractivity contribution in [1.29, 1.82) is 0 Å². The monoisotopic (exact) mass is 209 g/mol. The van der Waals surface area contributed by atoms with Gasteiger partial charge in [0.05, 0.1) is 0 Å². The second-order valence-electron chi connectivity index (χ2n) is 0.214. The quantitative estimate of drug-likeness (QED) is 0.536. The van der Waals surface area contributed by atoms with E-state index in [4.69, 9.17) is 23.2 Å². The molecule has 0 saturated carbocycles. The molecule has 0 saturated heterocycles. The summed E-state index contributed by atoms with van der Waals surface area (Å²) in [5, 5.41) is 0. The number of halogens is 3. The van der Waals surface area contributed by atoms with Crippen molar-refractivity contribution in [1.82, 2.24) is 0 Å². The Labute approximate surface area is 47.7 Å². The summed E-state index contributed by atoms with van der Waals surface area (Å²) in [5.41, 5.74) is 0. The summed E-state index contributed by atoms with van der Waals surface area (Å²) in [6.45, 7) is 0. The van der Waals surface area contributed by atoms with Gasteiger partial charge in [-0.25, -0.2) is 0 Å². The van der Waals surface area contributed by atoms with E-state index >= 15 is 0 Å². The van der Waals surface area contributed by atoms with Crippen LogP contribution in [0.15, 0.2) is 0 Å². The molecular weight excluding hydrogens is 210 g/mol. The Balaban J connectivity index is 2.80. The van der Waals surface area contributed by atoms with Gasteiger partial charge in [-0.2, -0.15) is 0 Å². The Morgan fingerprint density at radius 1 is 1.50 bits per heavy atom. The van der Waals surface area contributed by atoms with E-state index in [9.17, 15) is 0 Å². The fourth-order valence-corrected chi connectivity index (χ4v) is 0. The Morgan fingerprint density at radius 2 is 1.50 bits per heavy atom. The summed E-state index contributed by atoms with van der Waals surface area (Å²) in [6, 6.07) is 0. The maximum absolute atomic E-state index is 4.94. The average molecular weight is 210 g/mol. The third kappa shape index (κ3) is 10.9. The fraction of sp³-hybridized carbons (Fsp3) is 0. The van der Waals surface area contributed by atoms with Crippen LogP contribution in [0.5, 0.6) is 0 Å². The molecule has 0 aromatic rings. The van der Waals surface area contributed by atoms with E-state index < -0.39 is 0 Å². The van der Waals surface area contributed by atoms with Gasteiger partial charge in [-0.1, -0.05) is 0 Å². The molecule has 0 unspecified atom stereocenters. The molecule has 0 aromatic carbocycles. The number of hydrogen-bond acceptors (Lipinski definition) is 0. The van der Waals surface area contributed by atoms with Crippen LogP contribution in [0.2, 0.25) is 0 Å². The van der Waals surface area contributed by atoms with Gasteiger partial charge in [0, 0.05) is 0 Å². The van der Waals surface area contributed by atoms with Crippen molar-refractivity contribution in [2.45, 2.75) is 0 Å². The predicted octanol–water partition coefficient (Wildman–Crippen LogP) is 1.99. The van der Waals surface area contributed by atoms with E-state index in [1.54, 1.807) is 22.1 Å². The summed E-state index contributed by atoms with van der Waals surface area (Å²) < 4.78 is 0.331. The molecule has 0 rings (SSSR count). The molecule has 0 atom stereocenters. The van der Waals surface area contributed by atoms with E-state index in [1.807, 2.05) is 0 Å².